The summed E-state index contributed by atoms with van der Waals surface area (Å²) in [6.45, 7) is 0.0926. The fourth-order valence-corrected chi connectivity index (χ4v) is 0.769. The van der Waals surface area contributed by atoms with Crippen LogP contribution in [-0.4, -0.2) is 6.54 Å². The standard InChI is InChI=1S/C6H10FN.ClH/c7-6(4-8)5-2-1-3-5;/h1-4,8H2;1H. The van der Waals surface area contributed by atoms with Gasteiger partial charge in [0.25, 0.3) is 0 Å². The Bertz CT molecular complexity index is 111. The molecular formula is C6H11ClFN. The van der Waals surface area contributed by atoms with Crippen molar-refractivity contribution < 1.29 is 4.39 Å². The minimum Gasteiger partial charge on any atom is -0.325 e. The van der Waals surface area contributed by atoms with E-state index in [0.29, 0.717) is 0 Å². The van der Waals surface area contributed by atoms with E-state index < -0.39 is 0 Å². The maximum atomic E-state index is 12.3. The zero-order valence-corrected chi connectivity index (χ0v) is 6.01. The minimum absolute atomic E-state index is 0. The molecular weight excluding hydrogens is 141 g/mol. The van der Waals surface area contributed by atoms with E-state index in [1.54, 1.807) is 0 Å². The van der Waals surface area contributed by atoms with Crippen molar-refractivity contribution in [1.82, 2.24) is 0 Å². The molecule has 0 saturated heterocycles. The van der Waals surface area contributed by atoms with E-state index in [9.17, 15) is 4.39 Å². The molecule has 3 heteroatoms. The zero-order chi connectivity index (χ0) is 5.98. The lowest BCUT2D eigenvalue weighted by Gasteiger charge is -2.16. The van der Waals surface area contributed by atoms with Gasteiger partial charge < -0.3 is 5.73 Å². The van der Waals surface area contributed by atoms with Crippen molar-refractivity contribution in [2.24, 2.45) is 5.73 Å². The summed E-state index contributed by atoms with van der Waals surface area (Å²) < 4.78 is 12.3. The first kappa shape index (κ1) is 8.92. The predicted octanol–water partition coefficient (Wildman–Crippen LogP) is 1.77. The van der Waals surface area contributed by atoms with Crippen molar-refractivity contribution in [1.29, 1.82) is 0 Å². The van der Waals surface area contributed by atoms with Gasteiger partial charge in [0.1, 0.15) is 5.83 Å². The smallest absolute Gasteiger partial charge is 0.113 e. The second kappa shape index (κ2) is 3.85. The van der Waals surface area contributed by atoms with Crippen LogP contribution in [0, 0.1) is 0 Å². The van der Waals surface area contributed by atoms with E-state index in [0.717, 1.165) is 24.8 Å². The fraction of sp³-hybridized carbons (Fsp3) is 0.667. The molecule has 1 nitrogen and oxygen atoms in total. The van der Waals surface area contributed by atoms with E-state index >= 15 is 0 Å². The largest absolute Gasteiger partial charge is 0.325 e. The molecule has 0 aromatic heterocycles. The molecule has 0 heterocycles. The van der Waals surface area contributed by atoms with Gasteiger partial charge in [-0.3, -0.25) is 0 Å². The molecule has 1 aliphatic rings. The van der Waals surface area contributed by atoms with Crippen LogP contribution in [0.25, 0.3) is 0 Å². The van der Waals surface area contributed by atoms with Crippen molar-refractivity contribution in [2.75, 3.05) is 6.54 Å². The summed E-state index contributed by atoms with van der Waals surface area (Å²) >= 11 is 0. The quantitative estimate of drug-likeness (QED) is 0.608. The maximum absolute atomic E-state index is 12.3. The Balaban J connectivity index is 0.000000640. The zero-order valence-electron chi connectivity index (χ0n) is 5.19. The molecule has 0 bridgehead atoms. The lowest BCUT2D eigenvalue weighted by Crippen LogP contribution is -2.07. The number of rotatable bonds is 1. The third-order valence-corrected chi connectivity index (χ3v) is 1.52. The SMILES string of the molecule is Cl.NCC(F)=C1CCC1. The van der Waals surface area contributed by atoms with Crippen LogP contribution in [0.3, 0.4) is 0 Å². The van der Waals surface area contributed by atoms with Gasteiger partial charge in [-0.2, -0.15) is 0 Å². The molecule has 0 unspecified atom stereocenters. The van der Waals surface area contributed by atoms with Gasteiger partial charge in [0.15, 0.2) is 0 Å². The van der Waals surface area contributed by atoms with Gasteiger partial charge in [-0.15, -0.1) is 12.4 Å². The molecule has 9 heavy (non-hydrogen) atoms. The van der Waals surface area contributed by atoms with Crippen molar-refractivity contribution >= 4 is 12.4 Å². The molecule has 2 N–H and O–H groups in total. The maximum Gasteiger partial charge on any atom is 0.113 e. The summed E-state index contributed by atoms with van der Waals surface area (Å²) in [5.41, 5.74) is 5.99. The van der Waals surface area contributed by atoms with Gasteiger partial charge in [0.2, 0.25) is 0 Å². The molecule has 1 fully saturated rings. The van der Waals surface area contributed by atoms with Crippen LogP contribution in [0.2, 0.25) is 0 Å². The highest BCUT2D eigenvalue weighted by Crippen LogP contribution is 2.28. The number of allylic oxidation sites excluding steroid dienone is 1. The summed E-state index contributed by atoms with van der Waals surface area (Å²) in [4.78, 5) is 0. The summed E-state index contributed by atoms with van der Waals surface area (Å²) in [5.74, 6) is -0.0868. The molecule has 0 amide bonds. The lowest BCUT2D eigenvalue weighted by atomic mass is 9.92. The summed E-state index contributed by atoms with van der Waals surface area (Å²) in [6.07, 6.45) is 3.01. The van der Waals surface area contributed by atoms with Crippen LogP contribution < -0.4 is 5.73 Å². The van der Waals surface area contributed by atoms with Gasteiger partial charge in [0.05, 0.1) is 0 Å². The van der Waals surface area contributed by atoms with Gasteiger partial charge in [-0.05, 0) is 24.8 Å². The van der Waals surface area contributed by atoms with Crippen LogP contribution in [0.5, 0.6) is 0 Å². The molecule has 0 spiro atoms. The van der Waals surface area contributed by atoms with E-state index in [2.05, 4.69) is 0 Å². The molecule has 1 rings (SSSR count). The Hall–Kier alpha value is -0.0800. The highest BCUT2D eigenvalue weighted by molar-refractivity contribution is 5.85. The number of nitrogens with two attached hydrogens (primary N) is 1. The molecule has 0 aromatic rings. The van der Waals surface area contributed by atoms with Gasteiger partial charge in [0, 0.05) is 6.54 Å². The molecule has 1 saturated carbocycles. The molecule has 0 atom stereocenters. The second-order valence-corrected chi connectivity index (χ2v) is 2.07. The Kier molecular flexibility index (Phi) is 3.82. The third kappa shape index (κ3) is 1.95. The third-order valence-electron chi connectivity index (χ3n) is 1.52. The van der Waals surface area contributed by atoms with Gasteiger partial charge in [-0.25, -0.2) is 4.39 Å². The highest BCUT2D eigenvalue weighted by Gasteiger charge is 2.12. The Morgan fingerprint density at radius 1 is 1.56 bits per heavy atom. The first-order valence-electron chi connectivity index (χ1n) is 2.91. The van der Waals surface area contributed by atoms with Crippen LogP contribution in [0.15, 0.2) is 11.4 Å². The monoisotopic (exact) mass is 151 g/mol. The molecule has 54 valence electrons. The Morgan fingerprint density at radius 2 is 2.11 bits per heavy atom. The normalized spacial score (nSPS) is 16.0. The first-order chi connectivity index (χ1) is 3.84. The fourth-order valence-electron chi connectivity index (χ4n) is 0.769. The number of hydrogen-bond donors (Lipinski definition) is 1. The van der Waals surface area contributed by atoms with Crippen LogP contribution in [0.4, 0.5) is 4.39 Å². The van der Waals surface area contributed by atoms with Crippen LogP contribution >= 0.6 is 12.4 Å². The van der Waals surface area contributed by atoms with Gasteiger partial charge in [-0.1, -0.05) is 0 Å². The number of hydrogen-bond acceptors (Lipinski definition) is 1. The van der Waals surface area contributed by atoms with Crippen molar-refractivity contribution in [3.63, 3.8) is 0 Å². The molecule has 0 radical (unpaired) electrons. The topological polar surface area (TPSA) is 26.0 Å². The van der Waals surface area contributed by atoms with Crippen molar-refractivity contribution in [3.8, 4) is 0 Å². The average Bonchev–Trinajstić information content (AvgIpc) is 1.62. The highest BCUT2D eigenvalue weighted by atomic mass is 35.5. The summed E-state index contributed by atoms with van der Waals surface area (Å²) in [5, 5.41) is 0. The predicted molar refractivity (Wildman–Crippen MR) is 38.3 cm³/mol. The molecule has 0 aliphatic heterocycles. The average molecular weight is 152 g/mol. The molecule has 1 aliphatic carbocycles. The van der Waals surface area contributed by atoms with Crippen molar-refractivity contribution in [3.05, 3.63) is 11.4 Å². The molecule has 0 aromatic carbocycles. The summed E-state index contributed by atoms with van der Waals surface area (Å²) in [7, 11) is 0. The van der Waals surface area contributed by atoms with Gasteiger partial charge >= 0.3 is 0 Å². The Labute approximate surface area is 60.5 Å². The number of halogens is 2. The first-order valence-corrected chi connectivity index (χ1v) is 2.91. The van der Waals surface area contributed by atoms with E-state index in [4.69, 9.17) is 5.73 Å². The summed E-state index contributed by atoms with van der Waals surface area (Å²) in [6, 6.07) is 0. The van der Waals surface area contributed by atoms with Crippen molar-refractivity contribution in [2.45, 2.75) is 19.3 Å². The lowest BCUT2D eigenvalue weighted by molar-refractivity contribution is 0.543. The van der Waals surface area contributed by atoms with E-state index in [-0.39, 0.29) is 24.8 Å². The van der Waals surface area contributed by atoms with Crippen LogP contribution in [-0.2, 0) is 0 Å². The van der Waals surface area contributed by atoms with Crippen LogP contribution in [0.1, 0.15) is 19.3 Å². The van der Waals surface area contributed by atoms with E-state index in [1.165, 1.54) is 0 Å². The second-order valence-electron chi connectivity index (χ2n) is 2.07. The van der Waals surface area contributed by atoms with E-state index in [1.807, 2.05) is 0 Å². The Morgan fingerprint density at radius 3 is 2.22 bits per heavy atom. The minimum atomic E-state index is -0.0868.